The van der Waals surface area contributed by atoms with Crippen LogP contribution in [0.1, 0.15) is 18.9 Å². The number of rotatable bonds is 6. The third kappa shape index (κ3) is 4.11. The van der Waals surface area contributed by atoms with Crippen LogP contribution in [0.2, 0.25) is 5.02 Å². The average molecular weight is 386 g/mol. The van der Waals surface area contributed by atoms with Crippen LogP contribution >= 0.6 is 11.6 Å². The van der Waals surface area contributed by atoms with E-state index in [0.29, 0.717) is 17.3 Å². The van der Waals surface area contributed by atoms with E-state index in [4.69, 9.17) is 16.3 Å². The molecule has 0 saturated carbocycles. The van der Waals surface area contributed by atoms with Crippen LogP contribution in [0.4, 0.5) is 5.69 Å². The second-order valence-corrected chi connectivity index (χ2v) is 6.57. The van der Waals surface area contributed by atoms with Gasteiger partial charge < -0.3 is 14.4 Å². The molecule has 6 nitrogen and oxygen atoms in total. The number of hydrogen-bond donors (Lipinski definition) is 1. The van der Waals surface area contributed by atoms with Crippen LogP contribution in [-0.4, -0.2) is 22.2 Å². The molecule has 1 aromatic heterocycles. The van der Waals surface area contributed by atoms with Gasteiger partial charge in [-0.05, 0) is 43.2 Å². The molecule has 0 unspecified atom stereocenters. The van der Waals surface area contributed by atoms with Gasteiger partial charge in [0.1, 0.15) is 5.75 Å². The van der Waals surface area contributed by atoms with E-state index in [-0.39, 0.29) is 18.2 Å². The number of carbonyl (C=O) groups is 1. The molecule has 0 spiro atoms. The van der Waals surface area contributed by atoms with E-state index in [1.807, 2.05) is 38.1 Å². The Hall–Kier alpha value is -2.86. The summed E-state index contributed by atoms with van der Waals surface area (Å²) in [5.41, 5.74) is 1.97. The Morgan fingerprint density at radius 2 is 2.04 bits per heavy atom. The number of aromatic nitrogens is 1. The summed E-state index contributed by atoms with van der Waals surface area (Å²) in [6.07, 6.45) is 0.857. The molecule has 0 bridgehead atoms. The van der Waals surface area contributed by atoms with Crippen molar-refractivity contribution in [2.45, 2.75) is 26.8 Å². The molecule has 140 valence electrons. The minimum absolute atomic E-state index is 0.00376. The minimum atomic E-state index is -0.545. The van der Waals surface area contributed by atoms with Gasteiger partial charge in [-0.1, -0.05) is 36.7 Å². The molecule has 0 atom stereocenters. The zero-order valence-electron chi connectivity index (χ0n) is 15.1. The molecule has 2 aromatic carbocycles. The fraction of sp³-hybridized carbons (Fsp3) is 0.250. The molecule has 3 aromatic rings. The SMILES string of the molecule is CCCn1c(O)c(N=NC(=O)COc2ccc(Cl)cc2C)c2ccccc21. The van der Waals surface area contributed by atoms with Gasteiger partial charge in [-0.3, -0.25) is 4.79 Å². The number of halogens is 1. The van der Waals surface area contributed by atoms with Crippen molar-refractivity contribution in [2.75, 3.05) is 6.61 Å². The number of aromatic hydroxyl groups is 1. The van der Waals surface area contributed by atoms with Crippen molar-refractivity contribution in [3.63, 3.8) is 0 Å². The average Bonchev–Trinajstić information content (AvgIpc) is 2.91. The summed E-state index contributed by atoms with van der Waals surface area (Å²) in [4.78, 5) is 12.0. The summed E-state index contributed by atoms with van der Waals surface area (Å²) in [6.45, 7) is 4.26. The van der Waals surface area contributed by atoms with Gasteiger partial charge in [-0.15, -0.1) is 10.2 Å². The highest BCUT2D eigenvalue weighted by Gasteiger charge is 2.16. The Bertz CT molecular complexity index is 1010. The third-order valence-corrected chi connectivity index (χ3v) is 4.35. The fourth-order valence-corrected chi connectivity index (χ4v) is 3.10. The predicted octanol–water partition coefficient (Wildman–Crippen LogP) is 5.41. The van der Waals surface area contributed by atoms with Gasteiger partial charge in [-0.25, -0.2) is 0 Å². The maximum absolute atomic E-state index is 12.0. The first-order chi connectivity index (χ1) is 13.0. The quantitative estimate of drug-likeness (QED) is 0.576. The number of amides is 1. The molecule has 1 N–H and O–H groups in total. The Labute approximate surface area is 162 Å². The highest BCUT2D eigenvalue weighted by molar-refractivity contribution is 6.30. The van der Waals surface area contributed by atoms with Crippen molar-refractivity contribution in [1.82, 2.24) is 4.57 Å². The largest absolute Gasteiger partial charge is 0.493 e. The standard InChI is InChI=1S/C20H20ClN3O3/c1-3-10-24-16-7-5-4-6-15(16)19(20(24)26)23-22-18(25)12-27-17-9-8-14(21)11-13(17)2/h4-9,11,26H,3,10,12H2,1-2H3. The number of carbonyl (C=O) groups excluding carboxylic acids is 1. The fourth-order valence-electron chi connectivity index (χ4n) is 2.87. The summed E-state index contributed by atoms with van der Waals surface area (Å²) in [7, 11) is 0. The summed E-state index contributed by atoms with van der Waals surface area (Å²) in [5, 5.41) is 19.5. The number of azo groups is 1. The zero-order valence-corrected chi connectivity index (χ0v) is 15.9. The maximum Gasteiger partial charge on any atom is 0.302 e. The third-order valence-electron chi connectivity index (χ3n) is 4.11. The predicted molar refractivity (Wildman–Crippen MR) is 105 cm³/mol. The van der Waals surface area contributed by atoms with Gasteiger partial charge in [0.2, 0.25) is 5.88 Å². The molecule has 1 amide bonds. The van der Waals surface area contributed by atoms with Crippen LogP contribution < -0.4 is 4.74 Å². The molecule has 0 aliphatic rings. The van der Waals surface area contributed by atoms with Crippen molar-refractivity contribution in [3.8, 4) is 11.6 Å². The summed E-state index contributed by atoms with van der Waals surface area (Å²) in [5.74, 6) is 0.0190. The van der Waals surface area contributed by atoms with Crippen LogP contribution in [-0.2, 0) is 11.3 Å². The smallest absolute Gasteiger partial charge is 0.302 e. The number of benzene rings is 2. The lowest BCUT2D eigenvalue weighted by molar-refractivity contribution is -0.120. The second kappa shape index (κ2) is 8.22. The summed E-state index contributed by atoms with van der Waals surface area (Å²) >= 11 is 5.90. The number of hydrogen-bond acceptors (Lipinski definition) is 4. The topological polar surface area (TPSA) is 76.2 Å². The van der Waals surface area contributed by atoms with E-state index >= 15 is 0 Å². The molecule has 0 aliphatic heterocycles. The van der Waals surface area contributed by atoms with E-state index in [0.717, 1.165) is 22.9 Å². The number of ether oxygens (including phenoxy) is 1. The van der Waals surface area contributed by atoms with Crippen LogP contribution in [0.25, 0.3) is 10.9 Å². The van der Waals surface area contributed by atoms with E-state index in [2.05, 4.69) is 10.2 Å². The Balaban J connectivity index is 1.77. The first-order valence-corrected chi connectivity index (χ1v) is 9.02. The van der Waals surface area contributed by atoms with E-state index in [9.17, 15) is 9.90 Å². The molecular formula is C20H20ClN3O3. The van der Waals surface area contributed by atoms with Crippen molar-refractivity contribution >= 4 is 34.1 Å². The molecule has 0 saturated heterocycles. The van der Waals surface area contributed by atoms with Gasteiger partial charge in [0.15, 0.2) is 12.3 Å². The normalized spacial score (nSPS) is 11.4. The molecule has 0 radical (unpaired) electrons. The van der Waals surface area contributed by atoms with Crippen molar-refractivity contribution in [1.29, 1.82) is 0 Å². The molecule has 0 aliphatic carbocycles. The van der Waals surface area contributed by atoms with Gasteiger partial charge in [-0.2, -0.15) is 0 Å². The summed E-state index contributed by atoms with van der Waals surface area (Å²) < 4.78 is 7.24. The van der Waals surface area contributed by atoms with Gasteiger partial charge >= 0.3 is 5.91 Å². The van der Waals surface area contributed by atoms with Gasteiger partial charge in [0.05, 0.1) is 5.52 Å². The lowest BCUT2D eigenvalue weighted by atomic mass is 10.2. The molecule has 27 heavy (non-hydrogen) atoms. The Morgan fingerprint density at radius 3 is 2.78 bits per heavy atom. The summed E-state index contributed by atoms with van der Waals surface area (Å²) in [6, 6.07) is 12.6. The second-order valence-electron chi connectivity index (χ2n) is 6.13. The van der Waals surface area contributed by atoms with Crippen LogP contribution in [0.15, 0.2) is 52.7 Å². The highest BCUT2D eigenvalue weighted by atomic mass is 35.5. The Kier molecular flexibility index (Phi) is 5.76. The molecule has 3 rings (SSSR count). The molecular weight excluding hydrogens is 366 g/mol. The maximum atomic E-state index is 12.0. The van der Waals surface area contributed by atoms with Crippen LogP contribution in [0, 0.1) is 6.92 Å². The Morgan fingerprint density at radius 1 is 1.26 bits per heavy atom. The monoisotopic (exact) mass is 385 g/mol. The lowest BCUT2D eigenvalue weighted by Gasteiger charge is -2.06. The van der Waals surface area contributed by atoms with Crippen molar-refractivity contribution in [2.24, 2.45) is 10.2 Å². The van der Waals surface area contributed by atoms with Crippen LogP contribution in [0.5, 0.6) is 11.6 Å². The number of aryl methyl sites for hydroxylation is 2. The highest BCUT2D eigenvalue weighted by Crippen LogP contribution is 2.38. The van der Waals surface area contributed by atoms with Gasteiger partial charge in [0, 0.05) is 17.0 Å². The van der Waals surface area contributed by atoms with Crippen molar-refractivity contribution < 1.29 is 14.6 Å². The van der Waals surface area contributed by atoms with E-state index in [1.54, 1.807) is 22.8 Å². The van der Waals surface area contributed by atoms with E-state index < -0.39 is 5.91 Å². The van der Waals surface area contributed by atoms with E-state index in [1.165, 1.54) is 0 Å². The van der Waals surface area contributed by atoms with Crippen LogP contribution in [0.3, 0.4) is 0 Å². The molecule has 7 heteroatoms. The van der Waals surface area contributed by atoms with Crippen molar-refractivity contribution in [3.05, 3.63) is 53.1 Å². The molecule has 1 heterocycles. The number of nitrogens with zero attached hydrogens (tertiary/aromatic N) is 3. The zero-order chi connectivity index (χ0) is 19.4. The number of para-hydroxylation sites is 1. The first kappa shape index (κ1) is 18.9. The van der Waals surface area contributed by atoms with Gasteiger partial charge in [0.25, 0.3) is 0 Å². The first-order valence-electron chi connectivity index (χ1n) is 8.65. The lowest BCUT2D eigenvalue weighted by Crippen LogP contribution is -2.08. The number of fused-ring (bicyclic) bond motifs is 1. The minimum Gasteiger partial charge on any atom is -0.493 e. The molecule has 0 fully saturated rings.